The van der Waals surface area contributed by atoms with Gasteiger partial charge in [0.15, 0.2) is 0 Å². The molecule has 0 radical (unpaired) electrons. The molecule has 3 aliphatic rings. The van der Waals surface area contributed by atoms with Crippen LogP contribution in [-0.4, -0.2) is 78.9 Å². The lowest BCUT2D eigenvalue weighted by atomic mass is 9.73. The van der Waals surface area contributed by atoms with Gasteiger partial charge in [0, 0.05) is 19.6 Å². The number of fused-ring (bicyclic) bond motifs is 1. The van der Waals surface area contributed by atoms with E-state index in [1.54, 1.807) is 0 Å². The number of carbonyl (C=O) groups excluding carboxylic acids is 2. The largest absolute Gasteiger partial charge is 0.491 e. The zero-order valence-corrected chi connectivity index (χ0v) is 22.0. The summed E-state index contributed by atoms with van der Waals surface area (Å²) in [4.78, 5) is 33.1. The first-order valence-electron chi connectivity index (χ1n) is 14.0. The molecule has 2 amide bonds. The number of hydrogen-bond donors (Lipinski definition) is 0. The first kappa shape index (κ1) is 26.0. The number of amides is 2. The minimum absolute atomic E-state index is 0.240. The molecule has 35 heavy (non-hydrogen) atoms. The van der Waals surface area contributed by atoms with Crippen molar-refractivity contribution in [3.8, 4) is 5.75 Å². The molecule has 194 valence electrons. The van der Waals surface area contributed by atoms with E-state index >= 15 is 0 Å². The Morgan fingerprint density at radius 2 is 1.77 bits per heavy atom. The van der Waals surface area contributed by atoms with Crippen molar-refractivity contribution in [2.75, 3.05) is 46.4 Å². The minimum atomic E-state index is -0.302. The molecule has 2 aliphatic heterocycles. The van der Waals surface area contributed by atoms with Crippen molar-refractivity contribution in [3.05, 3.63) is 29.8 Å². The number of likely N-dealkylation sites (tertiary alicyclic amines) is 1. The van der Waals surface area contributed by atoms with E-state index < -0.39 is 0 Å². The van der Waals surface area contributed by atoms with Crippen molar-refractivity contribution in [3.63, 3.8) is 0 Å². The number of para-hydroxylation sites is 1. The number of carbonyl (C=O) groups is 2. The molecule has 1 aromatic rings. The number of rotatable bonds is 4. The summed E-state index contributed by atoms with van der Waals surface area (Å²) in [5, 5.41) is 0. The third kappa shape index (κ3) is 6.38. The van der Waals surface area contributed by atoms with Crippen LogP contribution in [0.5, 0.6) is 5.75 Å². The quantitative estimate of drug-likeness (QED) is 0.632. The van der Waals surface area contributed by atoms with Crippen LogP contribution in [0.15, 0.2) is 24.3 Å². The van der Waals surface area contributed by atoms with Crippen LogP contribution in [0.1, 0.15) is 76.7 Å². The topological polar surface area (TPSA) is 53.1 Å². The molecule has 0 bridgehead atoms. The highest BCUT2D eigenvalue weighted by Gasteiger charge is 2.43. The third-order valence-corrected chi connectivity index (χ3v) is 8.75. The Morgan fingerprint density at radius 3 is 2.51 bits per heavy atom. The van der Waals surface area contributed by atoms with E-state index in [1.807, 2.05) is 29.0 Å². The van der Waals surface area contributed by atoms with Gasteiger partial charge in [0.2, 0.25) is 11.8 Å². The molecule has 0 aromatic heterocycles. The van der Waals surface area contributed by atoms with Gasteiger partial charge in [0.05, 0.1) is 18.5 Å². The van der Waals surface area contributed by atoms with Crippen LogP contribution in [0, 0.1) is 5.41 Å². The van der Waals surface area contributed by atoms with Crippen LogP contribution in [0.2, 0.25) is 0 Å². The van der Waals surface area contributed by atoms with Crippen molar-refractivity contribution >= 4 is 11.8 Å². The van der Waals surface area contributed by atoms with Crippen LogP contribution in [0.4, 0.5) is 0 Å². The van der Waals surface area contributed by atoms with E-state index in [0.717, 1.165) is 70.2 Å². The van der Waals surface area contributed by atoms with Crippen molar-refractivity contribution < 1.29 is 14.3 Å². The maximum absolute atomic E-state index is 13.8. The summed E-state index contributed by atoms with van der Waals surface area (Å²) < 4.78 is 6.11. The Bertz CT molecular complexity index is 843. The van der Waals surface area contributed by atoms with Crippen LogP contribution < -0.4 is 4.74 Å². The molecule has 0 unspecified atom stereocenters. The van der Waals surface area contributed by atoms with E-state index in [0.29, 0.717) is 38.2 Å². The Kier molecular flexibility index (Phi) is 9.10. The maximum Gasteiger partial charge on any atom is 0.236 e. The van der Waals surface area contributed by atoms with Crippen molar-refractivity contribution in [2.45, 2.75) is 83.6 Å². The number of ether oxygens (including phenoxy) is 1. The summed E-state index contributed by atoms with van der Waals surface area (Å²) in [6.07, 6.45) is 11.8. The van der Waals surface area contributed by atoms with Crippen molar-refractivity contribution in [2.24, 2.45) is 5.41 Å². The second-order valence-electron chi connectivity index (χ2n) is 10.9. The molecular weight excluding hydrogens is 438 g/mol. The number of nitrogens with zero attached hydrogens (tertiary/aromatic N) is 3. The lowest BCUT2D eigenvalue weighted by Gasteiger charge is -2.43. The lowest BCUT2D eigenvalue weighted by Crippen LogP contribution is -2.53. The molecule has 1 saturated carbocycles. The van der Waals surface area contributed by atoms with E-state index in [4.69, 9.17) is 4.74 Å². The van der Waals surface area contributed by atoms with E-state index in [-0.39, 0.29) is 11.3 Å². The molecule has 1 aromatic carbocycles. The molecule has 4 rings (SSSR count). The van der Waals surface area contributed by atoms with Gasteiger partial charge in [-0.25, -0.2) is 0 Å². The van der Waals surface area contributed by atoms with Gasteiger partial charge in [-0.3, -0.25) is 14.5 Å². The van der Waals surface area contributed by atoms with Gasteiger partial charge in [-0.05, 0) is 76.6 Å². The summed E-state index contributed by atoms with van der Waals surface area (Å²) in [6, 6.07) is 8.72. The summed E-state index contributed by atoms with van der Waals surface area (Å²) >= 11 is 0. The Morgan fingerprint density at radius 1 is 1.03 bits per heavy atom. The molecule has 6 heteroatoms. The average Bonchev–Trinajstić information content (AvgIpc) is 2.90. The molecule has 2 heterocycles. The fourth-order valence-corrected chi connectivity index (χ4v) is 6.32. The van der Waals surface area contributed by atoms with Gasteiger partial charge in [-0.15, -0.1) is 0 Å². The summed E-state index contributed by atoms with van der Waals surface area (Å²) in [6.45, 7) is 6.07. The van der Waals surface area contributed by atoms with Gasteiger partial charge >= 0.3 is 0 Å². The van der Waals surface area contributed by atoms with E-state index in [1.165, 1.54) is 24.8 Å². The maximum atomic E-state index is 13.8. The minimum Gasteiger partial charge on any atom is -0.491 e. The number of aryl methyl sites for hydroxylation is 1. The highest BCUT2D eigenvalue weighted by molar-refractivity contribution is 5.83. The fourth-order valence-electron chi connectivity index (χ4n) is 6.32. The molecular formula is C29H45N3O3. The molecule has 0 N–H and O–H groups in total. The van der Waals surface area contributed by atoms with Gasteiger partial charge in [-0.1, -0.05) is 43.9 Å². The third-order valence-electron chi connectivity index (χ3n) is 8.75. The molecule has 1 saturated heterocycles. The molecule has 1 spiro atoms. The SMILES string of the molecule is CCN1CCOc2ccccc2CCCCC2(CCN(CC(=O)N(C)C3CCCCC3)CC2)C1=O. The predicted octanol–water partition coefficient (Wildman–Crippen LogP) is 4.51. The van der Waals surface area contributed by atoms with Gasteiger partial charge in [0.1, 0.15) is 12.4 Å². The smallest absolute Gasteiger partial charge is 0.236 e. The summed E-state index contributed by atoms with van der Waals surface area (Å²) in [5.74, 6) is 1.49. The monoisotopic (exact) mass is 483 g/mol. The molecule has 2 fully saturated rings. The second kappa shape index (κ2) is 12.2. The van der Waals surface area contributed by atoms with E-state index in [2.05, 4.69) is 24.0 Å². The summed E-state index contributed by atoms with van der Waals surface area (Å²) in [5.41, 5.74) is 0.968. The molecule has 0 atom stereocenters. The summed E-state index contributed by atoms with van der Waals surface area (Å²) in [7, 11) is 1.99. The van der Waals surface area contributed by atoms with Gasteiger partial charge in [-0.2, -0.15) is 0 Å². The first-order chi connectivity index (χ1) is 17.0. The zero-order valence-electron chi connectivity index (χ0n) is 22.0. The van der Waals surface area contributed by atoms with Crippen LogP contribution in [0.3, 0.4) is 0 Å². The molecule has 6 nitrogen and oxygen atoms in total. The number of hydrogen-bond acceptors (Lipinski definition) is 4. The fraction of sp³-hybridized carbons (Fsp3) is 0.724. The van der Waals surface area contributed by atoms with Gasteiger partial charge in [0.25, 0.3) is 0 Å². The lowest BCUT2D eigenvalue weighted by molar-refractivity contribution is -0.146. The van der Waals surface area contributed by atoms with Gasteiger partial charge < -0.3 is 14.5 Å². The Labute approximate surface area is 212 Å². The predicted molar refractivity (Wildman–Crippen MR) is 139 cm³/mol. The first-order valence-corrected chi connectivity index (χ1v) is 14.0. The Balaban J connectivity index is 1.38. The van der Waals surface area contributed by atoms with Crippen LogP contribution in [0.25, 0.3) is 0 Å². The second-order valence-corrected chi connectivity index (χ2v) is 10.9. The Hall–Kier alpha value is -2.08. The zero-order chi connectivity index (χ0) is 24.7. The van der Waals surface area contributed by atoms with E-state index in [9.17, 15) is 9.59 Å². The molecule has 1 aliphatic carbocycles. The standard InChI is InChI=1S/C29H45N3O3/c1-3-32-21-22-35-26-15-8-7-11-24(26)12-9-10-16-29(28(32)34)17-19-31(20-18-29)23-27(33)30(2)25-13-5-4-6-14-25/h7-8,11,15,25H,3-6,9-10,12-14,16-23H2,1-2H3. The number of piperidine rings is 1. The van der Waals surface area contributed by atoms with Crippen molar-refractivity contribution in [1.29, 1.82) is 0 Å². The number of benzene rings is 1. The van der Waals surface area contributed by atoms with Crippen LogP contribution >= 0.6 is 0 Å². The average molecular weight is 484 g/mol. The highest BCUT2D eigenvalue weighted by Crippen LogP contribution is 2.39. The van der Waals surface area contributed by atoms with Crippen LogP contribution in [-0.2, 0) is 16.0 Å². The normalized spacial score (nSPS) is 22.6. The van der Waals surface area contributed by atoms with Crippen molar-refractivity contribution in [1.82, 2.24) is 14.7 Å². The number of likely N-dealkylation sites (N-methyl/N-ethyl adjacent to an activating group) is 2. The highest BCUT2D eigenvalue weighted by atomic mass is 16.5.